The summed E-state index contributed by atoms with van der Waals surface area (Å²) in [7, 11) is 0. The monoisotopic (exact) mass is 441 g/mol. The SMILES string of the molecule is CC1(C)OC[C@]23CCN(CC4CCC4)[C@H](Cc4ccc(OC(=O)/C=C/C(=O)O)cc42)[C@@H]3O1. The smallest absolute Gasteiger partial charge is 0.336 e. The standard InChI is InChI=1S/C25H31NO6/c1-24(2)30-15-25-10-11-26(14-16-4-3-5-16)20(23(25)32-24)12-17-6-7-18(13-19(17)25)31-22(29)9-8-21(27)28/h6-9,13,16,20,23H,3-5,10-12,14-15H2,1-2H3,(H,27,28)/b9-8+/t20-,23+,25-/m1/s1. The molecule has 2 heterocycles. The minimum atomic E-state index is -1.19. The zero-order valence-corrected chi connectivity index (χ0v) is 18.7. The molecule has 7 nitrogen and oxygen atoms in total. The molecule has 1 saturated carbocycles. The molecule has 2 aliphatic heterocycles. The summed E-state index contributed by atoms with van der Waals surface area (Å²) in [5.41, 5.74) is 2.10. The predicted molar refractivity (Wildman–Crippen MR) is 116 cm³/mol. The number of esters is 1. The lowest BCUT2D eigenvalue weighted by molar-refractivity contribution is -0.322. The summed E-state index contributed by atoms with van der Waals surface area (Å²) in [5.74, 6) is -1.31. The minimum Gasteiger partial charge on any atom is -0.478 e. The second-order valence-corrected chi connectivity index (χ2v) is 10.1. The van der Waals surface area contributed by atoms with Crippen LogP contribution in [-0.4, -0.2) is 59.6 Å². The molecule has 5 rings (SSSR count). The fourth-order valence-corrected chi connectivity index (χ4v) is 5.81. The number of hydrogen-bond donors (Lipinski definition) is 1. The number of carboxylic acid groups (broad SMARTS) is 1. The van der Waals surface area contributed by atoms with Crippen LogP contribution in [0.15, 0.2) is 30.4 Å². The fraction of sp³-hybridized carbons (Fsp3) is 0.600. The second kappa shape index (κ2) is 7.97. The van der Waals surface area contributed by atoms with Crippen molar-refractivity contribution in [2.75, 3.05) is 19.7 Å². The van der Waals surface area contributed by atoms with Gasteiger partial charge >= 0.3 is 11.9 Å². The fourth-order valence-electron chi connectivity index (χ4n) is 5.81. The van der Waals surface area contributed by atoms with Crippen molar-refractivity contribution in [2.24, 2.45) is 5.92 Å². The maximum atomic E-state index is 12.0. The van der Waals surface area contributed by atoms with Gasteiger partial charge in [0.25, 0.3) is 0 Å². The van der Waals surface area contributed by atoms with Crippen molar-refractivity contribution >= 4 is 11.9 Å². The van der Waals surface area contributed by atoms with Crippen LogP contribution >= 0.6 is 0 Å². The van der Waals surface area contributed by atoms with Gasteiger partial charge < -0.3 is 19.3 Å². The Bertz CT molecular complexity index is 952. The van der Waals surface area contributed by atoms with Crippen molar-refractivity contribution in [3.63, 3.8) is 0 Å². The van der Waals surface area contributed by atoms with Gasteiger partial charge in [0.15, 0.2) is 5.79 Å². The van der Waals surface area contributed by atoms with Crippen LogP contribution in [0.5, 0.6) is 5.75 Å². The maximum absolute atomic E-state index is 12.0. The zero-order valence-electron chi connectivity index (χ0n) is 18.7. The van der Waals surface area contributed by atoms with Crippen molar-refractivity contribution < 1.29 is 28.9 Å². The molecule has 2 bridgehead atoms. The number of hydrogen-bond acceptors (Lipinski definition) is 6. The largest absolute Gasteiger partial charge is 0.478 e. The van der Waals surface area contributed by atoms with E-state index in [0.29, 0.717) is 18.4 Å². The van der Waals surface area contributed by atoms with Crippen molar-refractivity contribution in [3.8, 4) is 5.75 Å². The molecule has 0 aromatic heterocycles. The minimum absolute atomic E-state index is 0.0189. The molecule has 4 aliphatic rings. The normalized spacial score (nSPS) is 31.4. The van der Waals surface area contributed by atoms with E-state index in [1.54, 1.807) is 6.07 Å². The van der Waals surface area contributed by atoms with E-state index in [1.165, 1.54) is 24.8 Å². The van der Waals surface area contributed by atoms with Gasteiger partial charge in [-0.2, -0.15) is 0 Å². The average molecular weight is 442 g/mol. The first-order valence-corrected chi connectivity index (χ1v) is 11.6. The Morgan fingerprint density at radius 2 is 2.09 bits per heavy atom. The van der Waals surface area contributed by atoms with Crippen LogP contribution in [0, 0.1) is 5.92 Å². The van der Waals surface area contributed by atoms with E-state index in [-0.39, 0.29) is 11.5 Å². The molecular weight excluding hydrogens is 410 g/mol. The summed E-state index contributed by atoms with van der Waals surface area (Å²) < 4.78 is 18.2. The van der Waals surface area contributed by atoms with Crippen LogP contribution in [0.1, 0.15) is 50.7 Å². The summed E-state index contributed by atoms with van der Waals surface area (Å²) in [6.07, 6.45) is 7.56. The summed E-state index contributed by atoms with van der Waals surface area (Å²) in [5, 5.41) is 8.72. The summed E-state index contributed by atoms with van der Waals surface area (Å²) in [6, 6.07) is 6.07. The first kappa shape index (κ1) is 21.6. The molecule has 1 aromatic rings. The first-order chi connectivity index (χ1) is 15.3. The number of carbonyl (C=O) groups is 2. The molecule has 0 amide bonds. The summed E-state index contributed by atoms with van der Waals surface area (Å²) >= 11 is 0. The molecule has 32 heavy (non-hydrogen) atoms. The molecular formula is C25H31NO6. The van der Waals surface area contributed by atoms with Crippen molar-refractivity contribution in [2.45, 2.75) is 69.3 Å². The zero-order chi connectivity index (χ0) is 22.5. The number of fused-ring (bicyclic) bond motifs is 1. The molecule has 7 heteroatoms. The van der Waals surface area contributed by atoms with E-state index in [2.05, 4.69) is 4.90 Å². The van der Waals surface area contributed by atoms with Crippen LogP contribution in [0.25, 0.3) is 0 Å². The van der Waals surface area contributed by atoms with Gasteiger partial charge in [-0.3, -0.25) is 4.90 Å². The maximum Gasteiger partial charge on any atom is 0.336 e. The highest BCUT2D eigenvalue weighted by Crippen LogP contribution is 2.52. The molecule has 172 valence electrons. The summed E-state index contributed by atoms with van der Waals surface area (Å²) in [6.45, 7) is 6.68. The highest BCUT2D eigenvalue weighted by atomic mass is 16.7. The highest BCUT2D eigenvalue weighted by molar-refractivity contribution is 5.91. The van der Waals surface area contributed by atoms with Crippen LogP contribution < -0.4 is 4.74 Å². The Labute approximate surface area is 188 Å². The number of nitrogens with zero attached hydrogens (tertiary/aromatic N) is 1. The molecule has 0 spiro atoms. The van der Waals surface area contributed by atoms with Crippen LogP contribution in [0.2, 0.25) is 0 Å². The molecule has 3 atom stereocenters. The first-order valence-electron chi connectivity index (χ1n) is 11.6. The summed E-state index contributed by atoms with van der Waals surface area (Å²) in [4.78, 5) is 25.3. The molecule has 3 fully saturated rings. The van der Waals surface area contributed by atoms with Gasteiger partial charge in [0.1, 0.15) is 5.75 Å². The number of aliphatic carboxylic acids is 1. The second-order valence-electron chi connectivity index (χ2n) is 10.1. The van der Waals surface area contributed by atoms with Crippen molar-refractivity contribution in [1.82, 2.24) is 4.90 Å². The molecule has 0 radical (unpaired) electrons. The van der Waals surface area contributed by atoms with E-state index < -0.39 is 17.7 Å². The third kappa shape index (κ3) is 3.87. The lowest BCUT2D eigenvalue weighted by Crippen LogP contribution is -2.70. The van der Waals surface area contributed by atoms with Gasteiger partial charge in [0.05, 0.1) is 12.7 Å². The molecule has 1 N–H and O–H groups in total. The van der Waals surface area contributed by atoms with E-state index >= 15 is 0 Å². The van der Waals surface area contributed by atoms with Gasteiger partial charge in [-0.15, -0.1) is 0 Å². The number of rotatable bonds is 5. The van der Waals surface area contributed by atoms with Crippen molar-refractivity contribution in [3.05, 3.63) is 41.5 Å². The Morgan fingerprint density at radius 3 is 2.81 bits per heavy atom. The van der Waals surface area contributed by atoms with Gasteiger partial charge in [-0.25, -0.2) is 9.59 Å². The molecule has 2 aliphatic carbocycles. The average Bonchev–Trinajstić information content (AvgIpc) is 2.70. The van der Waals surface area contributed by atoms with Crippen molar-refractivity contribution in [1.29, 1.82) is 0 Å². The lowest BCUT2D eigenvalue weighted by atomic mass is 9.61. The van der Waals surface area contributed by atoms with E-state index in [0.717, 1.165) is 49.6 Å². The quantitative estimate of drug-likeness (QED) is 0.427. The molecule has 1 aromatic carbocycles. The third-order valence-electron chi connectivity index (χ3n) is 7.64. The highest BCUT2D eigenvalue weighted by Gasteiger charge is 2.58. The molecule has 0 unspecified atom stereocenters. The number of likely N-dealkylation sites (tertiary alicyclic amines) is 1. The van der Waals surface area contributed by atoms with Gasteiger partial charge in [-0.05, 0) is 75.3 Å². The van der Waals surface area contributed by atoms with E-state index in [4.69, 9.17) is 19.3 Å². The van der Waals surface area contributed by atoms with E-state index in [1.807, 2.05) is 26.0 Å². The topological polar surface area (TPSA) is 85.3 Å². The van der Waals surface area contributed by atoms with Crippen LogP contribution in [0.4, 0.5) is 0 Å². The van der Waals surface area contributed by atoms with Gasteiger partial charge in [0, 0.05) is 30.2 Å². The lowest BCUT2D eigenvalue weighted by Gasteiger charge is -2.60. The Balaban J connectivity index is 1.46. The Hall–Kier alpha value is -2.22. The Morgan fingerprint density at radius 1 is 1.28 bits per heavy atom. The molecule has 2 saturated heterocycles. The number of piperidine rings is 1. The number of benzene rings is 1. The number of carbonyl (C=O) groups excluding carboxylic acids is 1. The number of ether oxygens (including phenoxy) is 3. The van der Waals surface area contributed by atoms with E-state index in [9.17, 15) is 9.59 Å². The Kier molecular flexibility index (Phi) is 5.39. The number of carboxylic acids is 1. The predicted octanol–water partition coefficient (Wildman–Crippen LogP) is 3.05. The van der Waals surface area contributed by atoms with Crippen LogP contribution in [0.3, 0.4) is 0 Å². The van der Waals surface area contributed by atoms with Crippen LogP contribution in [-0.2, 0) is 30.9 Å². The van der Waals surface area contributed by atoms with Gasteiger partial charge in [-0.1, -0.05) is 12.5 Å². The van der Waals surface area contributed by atoms with Gasteiger partial charge in [0.2, 0.25) is 0 Å². The third-order valence-corrected chi connectivity index (χ3v) is 7.64.